The molecule has 1 fully saturated rings. The number of aromatic amines is 1. The van der Waals surface area contributed by atoms with Crippen molar-refractivity contribution in [3.63, 3.8) is 0 Å². The van der Waals surface area contributed by atoms with Gasteiger partial charge in [-0.25, -0.2) is 9.50 Å². The van der Waals surface area contributed by atoms with Crippen molar-refractivity contribution >= 4 is 18.1 Å². The van der Waals surface area contributed by atoms with E-state index in [2.05, 4.69) is 27.2 Å². The van der Waals surface area contributed by atoms with Crippen molar-refractivity contribution in [3.05, 3.63) is 34.4 Å². The number of H-pyrrole nitrogens is 1. The van der Waals surface area contributed by atoms with Crippen LogP contribution in [0.25, 0.3) is 5.65 Å². The van der Waals surface area contributed by atoms with E-state index in [1.807, 2.05) is 6.07 Å². The van der Waals surface area contributed by atoms with Crippen LogP contribution in [0.4, 0.5) is 0 Å². The van der Waals surface area contributed by atoms with E-state index in [9.17, 15) is 4.79 Å². The molecule has 1 aliphatic rings. The summed E-state index contributed by atoms with van der Waals surface area (Å²) >= 11 is 0. The molecule has 2 aromatic heterocycles. The topological polar surface area (TPSA) is 65.4 Å². The van der Waals surface area contributed by atoms with Crippen LogP contribution in [0.5, 0.6) is 0 Å². The van der Waals surface area contributed by atoms with E-state index in [0.29, 0.717) is 11.7 Å². The second kappa shape index (κ2) is 5.73. The molecule has 0 amide bonds. The zero-order chi connectivity index (χ0) is 12.5. The number of nitrogens with zero attached hydrogens (tertiary/aromatic N) is 3. The standard InChI is InChI=1S/C12H17N5O.ClH/c1-9-7-13-4-5-16(9)8-10-6-12(18)17-11(15-10)2-3-14-17;/h2-3,6,9,13-14H,4-5,7-8H2,1H3;1H/t9-;/m1./s1. The number of piperazine rings is 1. The van der Waals surface area contributed by atoms with Gasteiger partial charge in [-0.1, -0.05) is 0 Å². The predicted octanol–water partition coefficient (Wildman–Crippen LogP) is 0.238. The Morgan fingerprint density at radius 3 is 3.16 bits per heavy atom. The Labute approximate surface area is 117 Å². The molecule has 0 aromatic carbocycles. The fraction of sp³-hybridized carbons (Fsp3) is 0.500. The number of fused-ring (bicyclic) bond motifs is 1. The normalized spacial score (nSPS) is 20.4. The maximum atomic E-state index is 11.8. The quantitative estimate of drug-likeness (QED) is 0.829. The second-order valence-corrected chi connectivity index (χ2v) is 4.77. The lowest BCUT2D eigenvalue weighted by molar-refractivity contribution is 0.164. The molecule has 3 heterocycles. The van der Waals surface area contributed by atoms with Gasteiger partial charge in [-0.05, 0) is 6.92 Å². The predicted molar refractivity (Wildman–Crippen MR) is 75.8 cm³/mol. The van der Waals surface area contributed by atoms with Crippen molar-refractivity contribution in [2.45, 2.75) is 19.5 Å². The van der Waals surface area contributed by atoms with E-state index in [-0.39, 0.29) is 18.0 Å². The van der Waals surface area contributed by atoms with Crippen LogP contribution in [-0.4, -0.2) is 45.2 Å². The van der Waals surface area contributed by atoms with Gasteiger partial charge in [-0.3, -0.25) is 14.8 Å². The van der Waals surface area contributed by atoms with Crippen molar-refractivity contribution in [2.24, 2.45) is 0 Å². The number of rotatable bonds is 2. The molecule has 104 valence electrons. The molecule has 19 heavy (non-hydrogen) atoms. The average molecular weight is 284 g/mol. The minimum absolute atomic E-state index is 0. The van der Waals surface area contributed by atoms with Gasteiger partial charge in [-0.15, -0.1) is 12.4 Å². The molecule has 3 rings (SSSR count). The van der Waals surface area contributed by atoms with Crippen molar-refractivity contribution in [1.82, 2.24) is 24.8 Å². The first-order valence-electron chi connectivity index (χ1n) is 6.25. The minimum Gasteiger partial charge on any atom is -0.314 e. The first-order valence-corrected chi connectivity index (χ1v) is 6.25. The van der Waals surface area contributed by atoms with Crippen LogP contribution < -0.4 is 10.9 Å². The summed E-state index contributed by atoms with van der Waals surface area (Å²) in [5.74, 6) is 0. The van der Waals surface area contributed by atoms with Crippen molar-refractivity contribution in [3.8, 4) is 0 Å². The van der Waals surface area contributed by atoms with Crippen molar-refractivity contribution in [2.75, 3.05) is 19.6 Å². The van der Waals surface area contributed by atoms with Crippen LogP contribution >= 0.6 is 12.4 Å². The van der Waals surface area contributed by atoms with Crippen molar-refractivity contribution in [1.29, 1.82) is 0 Å². The Hall–Kier alpha value is -1.37. The molecule has 1 saturated heterocycles. The zero-order valence-corrected chi connectivity index (χ0v) is 11.6. The fourth-order valence-electron chi connectivity index (χ4n) is 2.38. The SMILES string of the molecule is C[C@@H]1CNCCN1Cc1cc(=O)n2[nH]ccc2n1.Cl. The number of halogens is 1. The summed E-state index contributed by atoms with van der Waals surface area (Å²) in [5.41, 5.74) is 1.47. The van der Waals surface area contributed by atoms with Gasteiger partial charge in [0.2, 0.25) is 0 Å². The van der Waals surface area contributed by atoms with Gasteiger partial charge in [0.15, 0.2) is 5.65 Å². The fourth-order valence-corrected chi connectivity index (χ4v) is 2.38. The molecular formula is C12H18ClN5O. The highest BCUT2D eigenvalue weighted by Gasteiger charge is 2.18. The molecule has 0 unspecified atom stereocenters. The average Bonchev–Trinajstić information content (AvgIpc) is 2.81. The highest BCUT2D eigenvalue weighted by Crippen LogP contribution is 2.08. The van der Waals surface area contributed by atoms with Gasteiger partial charge < -0.3 is 5.32 Å². The van der Waals surface area contributed by atoms with Crippen LogP contribution in [0.2, 0.25) is 0 Å². The first kappa shape index (κ1) is 14.0. The molecule has 1 aliphatic heterocycles. The highest BCUT2D eigenvalue weighted by atomic mass is 35.5. The summed E-state index contributed by atoms with van der Waals surface area (Å²) in [5, 5.41) is 6.20. The summed E-state index contributed by atoms with van der Waals surface area (Å²) in [7, 11) is 0. The number of nitrogens with one attached hydrogen (secondary N) is 2. The van der Waals surface area contributed by atoms with Crippen LogP contribution in [-0.2, 0) is 6.54 Å². The Balaban J connectivity index is 0.00000133. The van der Waals surface area contributed by atoms with E-state index in [4.69, 9.17) is 0 Å². The Morgan fingerprint density at radius 1 is 1.53 bits per heavy atom. The van der Waals surface area contributed by atoms with Gasteiger partial charge >= 0.3 is 0 Å². The summed E-state index contributed by atoms with van der Waals surface area (Å²) in [6, 6.07) is 3.90. The van der Waals surface area contributed by atoms with E-state index in [1.54, 1.807) is 12.3 Å². The van der Waals surface area contributed by atoms with E-state index < -0.39 is 0 Å². The smallest absolute Gasteiger partial charge is 0.272 e. The first-order chi connectivity index (χ1) is 8.74. The molecule has 7 heteroatoms. The van der Waals surface area contributed by atoms with E-state index >= 15 is 0 Å². The zero-order valence-electron chi connectivity index (χ0n) is 10.8. The lowest BCUT2D eigenvalue weighted by atomic mass is 10.2. The molecule has 0 radical (unpaired) electrons. The molecule has 0 saturated carbocycles. The summed E-state index contributed by atoms with van der Waals surface area (Å²) < 4.78 is 1.45. The van der Waals surface area contributed by atoms with Gasteiger partial charge in [0.05, 0.1) is 5.69 Å². The Morgan fingerprint density at radius 2 is 2.37 bits per heavy atom. The summed E-state index contributed by atoms with van der Waals surface area (Å²) in [6.45, 7) is 5.91. The third-order valence-corrected chi connectivity index (χ3v) is 3.44. The highest BCUT2D eigenvalue weighted by molar-refractivity contribution is 5.85. The Bertz CT molecular complexity index is 607. The minimum atomic E-state index is -0.0530. The molecular weight excluding hydrogens is 266 g/mol. The lowest BCUT2D eigenvalue weighted by Gasteiger charge is -2.33. The van der Waals surface area contributed by atoms with Crippen LogP contribution in [0, 0.1) is 0 Å². The van der Waals surface area contributed by atoms with Gasteiger partial charge in [0, 0.05) is 50.6 Å². The maximum Gasteiger partial charge on any atom is 0.272 e. The monoisotopic (exact) mass is 283 g/mol. The third-order valence-electron chi connectivity index (χ3n) is 3.44. The largest absolute Gasteiger partial charge is 0.314 e. The van der Waals surface area contributed by atoms with Gasteiger partial charge in [0.1, 0.15) is 0 Å². The lowest BCUT2D eigenvalue weighted by Crippen LogP contribution is -2.49. The molecule has 6 nitrogen and oxygen atoms in total. The van der Waals surface area contributed by atoms with Crippen LogP contribution in [0.15, 0.2) is 23.1 Å². The summed E-state index contributed by atoms with van der Waals surface area (Å²) in [4.78, 5) is 18.7. The van der Waals surface area contributed by atoms with Crippen molar-refractivity contribution < 1.29 is 0 Å². The number of hydrogen-bond donors (Lipinski definition) is 2. The molecule has 2 N–H and O–H groups in total. The molecule has 0 bridgehead atoms. The van der Waals surface area contributed by atoms with Crippen LogP contribution in [0.3, 0.4) is 0 Å². The summed E-state index contributed by atoms with van der Waals surface area (Å²) in [6.07, 6.45) is 1.72. The van der Waals surface area contributed by atoms with Gasteiger partial charge in [-0.2, -0.15) is 0 Å². The molecule has 2 aromatic rings. The maximum absolute atomic E-state index is 11.8. The molecule has 1 atom stereocenters. The number of hydrogen-bond acceptors (Lipinski definition) is 4. The Kier molecular flexibility index (Phi) is 4.24. The molecule has 0 spiro atoms. The number of aromatic nitrogens is 3. The molecule has 0 aliphatic carbocycles. The second-order valence-electron chi connectivity index (χ2n) is 4.77. The van der Waals surface area contributed by atoms with E-state index in [0.717, 1.165) is 31.9 Å². The third kappa shape index (κ3) is 2.80. The van der Waals surface area contributed by atoms with E-state index in [1.165, 1.54) is 4.52 Å². The van der Waals surface area contributed by atoms with Gasteiger partial charge in [0.25, 0.3) is 5.56 Å². The van der Waals surface area contributed by atoms with Crippen LogP contribution in [0.1, 0.15) is 12.6 Å².